The van der Waals surface area contributed by atoms with Gasteiger partial charge in [-0.15, -0.1) is 10.2 Å². The topological polar surface area (TPSA) is 85.3 Å². The van der Waals surface area contributed by atoms with E-state index >= 15 is 0 Å². The second kappa shape index (κ2) is 5.20. The summed E-state index contributed by atoms with van der Waals surface area (Å²) in [6, 6.07) is 4.84. The number of hydrogen-bond donors (Lipinski definition) is 2. The lowest BCUT2D eigenvalue weighted by molar-refractivity contribution is -0.125. The van der Waals surface area contributed by atoms with E-state index in [1.54, 1.807) is 0 Å². The van der Waals surface area contributed by atoms with Crippen molar-refractivity contribution in [3.63, 3.8) is 0 Å². The number of nitrogens with two attached hydrogens (primary N) is 1. The summed E-state index contributed by atoms with van der Waals surface area (Å²) < 4.78 is 1.85. The molecule has 0 aromatic carbocycles. The largest absolute Gasteiger partial charge is 0.345 e. The summed E-state index contributed by atoms with van der Waals surface area (Å²) in [6.45, 7) is 7.69. The Morgan fingerprint density at radius 3 is 2.70 bits per heavy atom. The average molecular weight is 275 g/mol. The first-order chi connectivity index (χ1) is 9.30. The highest BCUT2D eigenvalue weighted by molar-refractivity contribution is 5.82. The summed E-state index contributed by atoms with van der Waals surface area (Å²) >= 11 is 0. The standard InChI is InChI=1S/C14H21N5O/c1-9(16-13(20)11(15)14(2,3)4)12-18-17-10-7-5-6-8-19(10)12/h5-9,11H,15H2,1-4H3,(H,16,20). The van der Waals surface area contributed by atoms with Gasteiger partial charge in [0.15, 0.2) is 11.5 Å². The second-order valence-corrected chi connectivity index (χ2v) is 6.06. The molecule has 1 amide bonds. The Morgan fingerprint density at radius 1 is 1.35 bits per heavy atom. The van der Waals surface area contributed by atoms with Crippen LogP contribution in [0.15, 0.2) is 24.4 Å². The lowest BCUT2D eigenvalue weighted by Crippen LogP contribution is -2.49. The Morgan fingerprint density at radius 2 is 2.05 bits per heavy atom. The van der Waals surface area contributed by atoms with Gasteiger partial charge in [-0.1, -0.05) is 26.8 Å². The van der Waals surface area contributed by atoms with Crippen molar-refractivity contribution in [2.24, 2.45) is 11.1 Å². The first kappa shape index (κ1) is 14.5. The third-order valence-corrected chi connectivity index (χ3v) is 3.30. The van der Waals surface area contributed by atoms with Crippen molar-refractivity contribution < 1.29 is 4.79 Å². The number of amides is 1. The first-order valence-electron chi connectivity index (χ1n) is 6.66. The van der Waals surface area contributed by atoms with E-state index in [0.29, 0.717) is 5.82 Å². The molecule has 3 N–H and O–H groups in total. The van der Waals surface area contributed by atoms with Crippen LogP contribution < -0.4 is 11.1 Å². The number of aromatic nitrogens is 3. The minimum atomic E-state index is -0.566. The molecule has 0 fully saturated rings. The van der Waals surface area contributed by atoms with Gasteiger partial charge in [0, 0.05) is 6.20 Å². The molecule has 0 bridgehead atoms. The second-order valence-electron chi connectivity index (χ2n) is 6.06. The number of pyridine rings is 1. The highest BCUT2D eigenvalue weighted by Crippen LogP contribution is 2.19. The lowest BCUT2D eigenvalue weighted by atomic mass is 9.87. The van der Waals surface area contributed by atoms with E-state index in [-0.39, 0.29) is 17.4 Å². The van der Waals surface area contributed by atoms with Crippen molar-refractivity contribution in [2.45, 2.75) is 39.8 Å². The zero-order valence-corrected chi connectivity index (χ0v) is 12.3. The van der Waals surface area contributed by atoms with E-state index in [1.807, 2.05) is 56.5 Å². The van der Waals surface area contributed by atoms with Gasteiger partial charge in [-0.05, 0) is 24.5 Å². The van der Waals surface area contributed by atoms with Crippen LogP contribution in [0.3, 0.4) is 0 Å². The predicted molar refractivity (Wildman–Crippen MR) is 77.0 cm³/mol. The molecule has 20 heavy (non-hydrogen) atoms. The molecule has 108 valence electrons. The van der Waals surface area contributed by atoms with Gasteiger partial charge in [0.05, 0.1) is 12.1 Å². The summed E-state index contributed by atoms with van der Waals surface area (Å²) in [5.41, 5.74) is 6.43. The van der Waals surface area contributed by atoms with Gasteiger partial charge in [-0.25, -0.2) is 0 Å². The molecule has 2 atom stereocenters. The van der Waals surface area contributed by atoms with Crippen LogP contribution in [0.2, 0.25) is 0 Å². The minimum absolute atomic E-state index is 0.183. The van der Waals surface area contributed by atoms with Crippen molar-refractivity contribution >= 4 is 11.6 Å². The fourth-order valence-electron chi connectivity index (χ4n) is 1.92. The molecule has 0 saturated carbocycles. The summed E-state index contributed by atoms with van der Waals surface area (Å²) in [4.78, 5) is 12.1. The molecule has 0 radical (unpaired) electrons. The van der Waals surface area contributed by atoms with Gasteiger partial charge < -0.3 is 11.1 Å². The highest BCUT2D eigenvalue weighted by Gasteiger charge is 2.29. The quantitative estimate of drug-likeness (QED) is 0.883. The van der Waals surface area contributed by atoms with Crippen LogP contribution in [0, 0.1) is 5.41 Å². The third kappa shape index (κ3) is 2.80. The Kier molecular flexibility index (Phi) is 3.76. The molecule has 2 aromatic rings. The number of rotatable bonds is 3. The molecule has 6 heteroatoms. The molecule has 2 heterocycles. The minimum Gasteiger partial charge on any atom is -0.345 e. The van der Waals surface area contributed by atoms with Crippen LogP contribution in [0.4, 0.5) is 0 Å². The molecular formula is C14H21N5O. The van der Waals surface area contributed by atoms with E-state index in [0.717, 1.165) is 5.65 Å². The molecule has 6 nitrogen and oxygen atoms in total. The maximum atomic E-state index is 12.1. The van der Waals surface area contributed by atoms with Crippen LogP contribution in [-0.2, 0) is 4.79 Å². The molecule has 0 spiro atoms. The van der Waals surface area contributed by atoms with Crippen molar-refractivity contribution in [2.75, 3.05) is 0 Å². The molecular weight excluding hydrogens is 254 g/mol. The number of carbonyl (C=O) groups is 1. The van der Waals surface area contributed by atoms with Crippen molar-refractivity contribution in [3.8, 4) is 0 Å². The van der Waals surface area contributed by atoms with E-state index in [1.165, 1.54) is 0 Å². The van der Waals surface area contributed by atoms with Gasteiger partial charge in [0.2, 0.25) is 5.91 Å². The van der Waals surface area contributed by atoms with E-state index < -0.39 is 6.04 Å². The van der Waals surface area contributed by atoms with Gasteiger partial charge in [0.25, 0.3) is 0 Å². The Bertz CT molecular complexity index is 613. The van der Waals surface area contributed by atoms with Gasteiger partial charge in [-0.3, -0.25) is 9.20 Å². The van der Waals surface area contributed by atoms with Crippen LogP contribution in [0.5, 0.6) is 0 Å². The Hall–Kier alpha value is -1.95. The van der Waals surface area contributed by atoms with Crippen molar-refractivity contribution in [1.82, 2.24) is 19.9 Å². The maximum Gasteiger partial charge on any atom is 0.238 e. The fraction of sp³-hybridized carbons (Fsp3) is 0.500. The van der Waals surface area contributed by atoms with Crippen LogP contribution >= 0.6 is 0 Å². The first-order valence-corrected chi connectivity index (χ1v) is 6.66. The van der Waals surface area contributed by atoms with Gasteiger partial charge in [0.1, 0.15) is 0 Å². The smallest absolute Gasteiger partial charge is 0.238 e. The molecule has 0 aliphatic carbocycles. The van der Waals surface area contributed by atoms with Crippen LogP contribution in [0.25, 0.3) is 5.65 Å². The number of fused-ring (bicyclic) bond motifs is 1. The van der Waals surface area contributed by atoms with Crippen LogP contribution in [0.1, 0.15) is 39.6 Å². The number of nitrogens with one attached hydrogen (secondary N) is 1. The van der Waals surface area contributed by atoms with E-state index in [4.69, 9.17) is 5.73 Å². The maximum absolute atomic E-state index is 12.1. The van der Waals surface area contributed by atoms with Crippen molar-refractivity contribution in [3.05, 3.63) is 30.2 Å². The van der Waals surface area contributed by atoms with Crippen LogP contribution in [-0.4, -0.2) is 26.5 Å². The predicted octanol–water partition coefficient (Wildman–Crippen LogP) is 1.28. The normalized spacial score (nSPS) is 15.1. The highest BCUT2D eigenvalue weighted by atomic mass is 16.2. The molecule has 2 unspecified atom stereocenters. The molecule has 2 aromatic heterocycles. The van der Waals surface area contributed by atoms with Crippen molar-refractivity contribution in [1.29, 1.82) is 0 Å². The van der Waals surface area contributed by atoms with Gasteiger partial charge in [-0.2, -0.15) is 0 Å². The SMILES string of the molecule is CC(NC(=O)C(N)C(C)(C)C)c1nnc2ccccn12. The molecule has 2 rings (SSSR count). The third-order valence-electron chi connectivity index (χ3n) is 3.30. The molecule has 0 aliphatic rings. The summed E-state index contributed by atoms with van der Waals surface area (Å²) in [5, 5.41) is 11.1. The summed E-state index contributed by atoms with van der Waals surface area (Å²) in [5.74, 6) is 0.507. The molecule has 0 aliphatic heterocycles. The monoisotopic (exact) mass is 275 g/mol. The summed E-state index contributed by atoms with van der Waals surface area (Å²) in [6.07, 6.45) is 1.87. The average Bonchev–Trinajstić information content (AvgIpc) is 2.80. The fourth-order valence-corrected chi connectivity index (χ4v) is 1.92. The van der Waals surface area contributed by atoms with E-state index in [2.05, 4.69) is 15.5 Å². The zero-order chi connectivity index (χ0) is 14.9. The van der Waals surface area contributed by atoms with Gasteiger partial charge >= 0.3 is 0 Å². The molecule has 0 saturated heterocycles. The number of carbonyl (C=O) groups excluding carboxylic acids is 1. The zero-order valence-electron chi connectivity index (χ0n) is 12.3. The lowest BCUT2D eigenvalue weighted by Gasteiger charge is -2.27. The number of nitrogens with zero attached hydrogens (tertiary/aromatic N) is 3. The summed E-state index contributed by atoms with van der Waals surface area (Å²) in [7, 11) is 0. The Balaban J connectivity index is 2.16. The Labute approximate surface area is 118 Å². The number of hydrogen-bond acceptors (Lipinski definition) is 4. The van der Waals surface area contributed by atoms with E-state index in [9.17, 15) is 4.79 Å².